The summed E-state index contributed by atoms with van der Waals surface area (Å²) in [5, 5.41) is 2.65. The fourth-order valence-electron chi connectivity index (χ4n) is 14.6. The molecular formula is C77H86BN3S. The molecule has 3 heterocycles. The summed E-state index contributed by atoms with van der Waals surface area (Å²) in [5.41, 5.74) is 26.6. The molecule has 0 N–H and O–H groups in total. The minimum Gasteiger partial charge on any atom is -0.311 e. The molecule has 0 atom stereocenters. The van der Waals surface area contributed by atoms with Crippen molar-refractivity contribution < 1.29 is 0 Å². The van der Waals surface area contributed by atoms with Gasteiger partial charge in [-0.15, -0.1) is 11.3 Å². The summed E-state index contributed by atoms with van der Waals surface area (Å²) in [6.45, 7) is 43.0. The second-order valence-corrected chi connectivity index (χ2v) is 32.0. The molecule has 8 aromatic carbocycles. The van der Waals surface area contributed by atoms with Gasteiger partial charge in [0.25, 0.3) is 6.71 Å². The minimum atomic E-state index is -0.0224. The van der Waals surface area contributed by atoms with E-state index in [1.165, 1.54) is 128 Å². The van der Waals surface area contributed by atoms with Gasteiger partial charge >= 0.3 is 0 Å². The molecule has 13 rings (SSSR count). The molecule has 0 bridgehead atoms. The highest BCUT2D eigenvalue weighted by Crippen LogP contribution is 2.54. The zero-order valence-corrected chi connectivity index (χ0v) is 53.3. The number of aryl methyl sites for hydroxylation is 1. The van der Waals surface area contributed by atoms with Gasteiger partial charge in [-0.3, -0.25) is 0 Å². The normalized spacial score (nSPS) is 17.5. The highest BCUT2D eigenvalue weighted by molar-refractivity contribution is 7.25. The first-order valence-electron chi connectivity index (χ1n) is 30.6. The first-order chi connectivity index (χ1) is 38.4. The number of thiophene rings is 1. The quantitative estimate of drug-likeness (QED) is 0.159. The summed E-state index contributed by atoms with van der Waals surface area (Å²) in [5.74, 6) is 0. The maximum atomic E-state index is 2.71. The average molecular weight is 1100 g/mol. The van der Waals surface area contributed by atoms with Crippen LogP contribution in [-0.2, 0) is 37.9 Å². The van der Waals surface area contributed by atoms with E-state index in [0.29, 0.717) is 0 Å². The van der Waals surface area contributed by atoms with E-state index in [9.17, 15) is 0 Å². The summed E-state index contributed by atoms with van der Waals surface area (Å²) >= 11 is 1.93. The van der Waals surface area contributed by atoms with Crippen molar-refractivity contribution in [1.29, 1.82) is 0 Å². The number of anilines is 9. The smallest absolute Gasteiger partial charge is 0.252 e. The van der Waals surface area contributed by atoms with Crippen LogP contribution < -0.4 is 31.1 Å². The van der Waals surface area contributed by atoms with Gasteiger partial charge in [-0.2, -0.15) is 0 Å². The van der Waals surface area contributed by atoms with E-state index < -0.39 is 0 Å². The molecule has 0 amide bonds. The van der Waals surface area contributed by atoms with Crippen molar-refractivity contribution in [3.05, 3.63) is 190 Å². The van der Waals surface area contributed by atoms with Crippen LogP contribution in [0, 0.1) is 6.92 Å². The molecule has 0 radical (unpaired) electrons. The van der Waals surface area contributed by atoms with Crippen molar-refractivity contribution in [3.63, 3.8) is 0 Å². The van der Waals surface area contributed by atoms with Crippen LogP contribution in [0.15, 0.2) is 146 Å². The Kier molecular flexibility index (Phi) is 12.2. The topological polar surface area (TPSA) is 9.72 Å². The van der Waals surface area contributed by atoms with Crippen molar-refractivity contribution in [2.24, 2.45) is 0 Å². The number of nitrogens with zero attached hydrogens (tertiary/aromatic N) is 3. The van der Waals surface area contributed by atoms with Crippen LogP contribution in [0.4, 0.5) is 51.2 Å². The van der Waals surface area contributed by atoms with Crippen molar-refractivity contribution in [3.8, 4) is 0 Å². The Hall–Kier alpha value is -6.56. The van der Waals surface area contributed by atoms with Crippen molar-refractivity contribution in [2.45, 2.75) is 188 Å². The summed E-state index contributed by atoms with van der Waals surface area (Å²) in [6.07, 6.45) is 4.68. The molecule has 2 aliphatic heterocycles. The van der Waals surface area contributed by atoms with Crippen LogP contribution in [0.25, 0.3) is 20.2 Å². The summed E-state index contributed by atoms with van der Waals surface area (Å²) in [4.78, 5) is 7.85. The molecule has 0 spiro atoms. The van der Waals surface area contributed by atoms with Crippen LogP contribution in [0.1, 0.15) is 188 Å². The Balaban J connectivity index is 1.11. The Labute approximate surface area is 495 Å². The van der Waals surface area contributed by atoms with Gasteiger partial charge in [-0.05, 0) is 216 Å². The van der Waals surface area contributed by atoms with Crippen LogP contribution >= 0.6 is 11.3 Å². The van der Waals surface area contributed by atoms with Crippen molar-refractivity contribution in [2.75, 3.05) is 14.7 Å². The fraction of sp³-hybridized carbons (Fsp3) is 0.377. The first-order valence-corrected chi connectivity index (χ1v) is 31.4. The molecule has 0 fully saturated rings. The lowest BCUT2D eigenvalue weighted by molar-refractivity contribution is 0.332. The van der Waals surface area contributed by atoms with Crippen LogP contribution in [0.2, 0.25) is 0 Å². The molecule has 2 aliphatic carbocycles. The largest absolute Gasteiger partial charge is 0.311 e. The predicted octanol–water partition coefficient (Wildman–Crippen LogP) is 20.5. The summed E-state index contributed by atoms with van der Waals surface area (Å²) in [7, 11) is 0. The lowest BCUT2D eigenvalue weighted by atomic mass is 9.33. The van der Waals surface area contributed by atoms with Crippen LogP contribution in [0.3, 0.4) is 0 Å². The Morgan fingerprint density at radius 1 is 0.390 bits per heavy atom. The predicted molar refractivity (Wildman–Crippen MR) is 359 cm³/mol. The van der Waals surface area contributed by atoms with Crippen LogP contribution in [0.5, 0.6) is 0 Å². The molecule has 1 aromatic heterocycles. The number of hydrogen-bond donors (Lipinski definition) is 0. The molecule has 0 saturated heterocycles. The maximum absolute atomic E-state index is 2.71. The highest BCUT2D eigenvalue weighted by Gasteiger charge is 2.47. The van der Waals surface area contributed by atoms with E-state index in [1.807, 2.05) is 11.3 Å². The Bertz CT molecular complexity index is 4010. The third kappa shape index (κ3) is 8.79. The van der Waals surface area contributed by atoms with Crippen molar-refractivity contribution in [1.82, 2.24) is 0 Å². The van der Waals surface area contributed by atoms with E-state index in [2.05, 4.69) is 285 Å². The van der Waals surface area contributed by atoms with Crippen LogP contribution in [-0.4, -0.2) is 6.71 Å². The first kappa shape index (κ1) is 54.7. The molecular weight excluding hydrogens is 1010 g/mol. The summed E-state index contributed by atoms with van der Waals surface area (Å²) in [6, 6.07) is 58.6. The number of rotatable bonds is 5. The number of fused-ring (bicyclic) bond motifs is 9. The summed E-state index contributed by atoms with van der Waals surface area (Å²) < 4.78 is 2.65. The van der Waals surface area contributed by atoms with Gasteiger partial charge in [0, 0.05) is 71.4 Å². The monoisotopic (exact) mass is 1100 g/mol. The second kappa shape index (κ2) is 18.2. The molecule has 82 heavy (non-hydrogen) atoms. The van der Waals surface area contributed by atoms with Gasteiger partial charge in [0.15, 0.2) is 0 Å². The minimum absolute atomic E-state index is 0.0224. The Morgan fingerprint density at radius 3 is 1.35 bits per heavy atom. The van der Waals surface area contributed by atoms with Gasteiger partial charge in [-0.1, -0.05) is 178 Å². The zero-order valence-electron chi connectivity index (χ0n) is 52.5. The van der Waals surface area contributed by atoms with Gasteiger partial charge in [0.2, 0.25) is 0 Å². The SMILES string of the molecule is Cc1cc2c3c(c1)N(c1ccc4c(c1)C(C)(C)CCC4(C)C)c1cc4c(cc1B3c1ccc(N(c3ccc(C(C)(C)C)cc3)c3ccc(C(C)(C)C)cc3)cc1N2c1ccc2c(c1)sc1cc(C(C)(C)C)ccc12)C(C)(C)CCC4(C)C. The van der Waals surface area contributed by atoms with Crippen molar-refractivity contribution >= 4 is 106 Å². The lowest BCUT2D eigenvalue weighted by Crippen LogP contribution is -2.62. The van der Waals surface area contributed by atoms with Gasteiger partial charge in [0.1, 0.15) is 0 Å². The highest BCUT2D eigenvalue weighted by atomic mass is 32.1. The molecule has 418 valence electrons. The molecule has 3 nitrogen and oxygen atoms in total. The molecule has 5 heteroatoms. The molecule has 0 saturated carbocycles. The molecule has 4 aliphatic rings. The van der Waals surface area contributed by atoms with Gasteiger partial charge < -0.3 is 14.7 Å². The van der Waals surface area contributed by atoms with E-state index in [1.54, 1.807) is 0 Å². The maximum Gasteiger partial charge on any atom is 0.252 e. The van der Waals surface area contributed by atoms with E-state index >= 15 is 0 Å². The third-order valence-corrected chi connectivity index (χ3v) is 21.2. The zero-order chi connectivity index (χ0) is 58.2. The average Bonchev–Trinajstić information content (AvgIpc) is 0.998. The molecule has 0 unspecified atom stereocenters. The van der Waals surface area contributed by atoms with E-state index in [-0.39, 0.29) is 44.6 Å². The lowest BCUT2D eigenvalue weighted by Gasteiger charge is -2.48. The fourth-order valence-corrected chi connectivity index (χ4v) is 15.8. The molecule has 9 aromatic rings. The standard InChI is InChI=1S/C77H86BN3S/c1-47-39-66-70-67(40-47)81(55-28-32-57-56-31-23-50(73(8,9)10)41-68(56)82-69(57)44-55)64-43-54(79(51-24-19-48(20-25-51)71(2,3)4)52-26-21-49(22-27-52)72(5,6)7)30-34-62(64)78(70)63-45-60-61(77(17,18)38-37-76(60,15)16)46-65(63)80(66)53-29-33-58-59(42-53)75(13,14)36-35-74(58,11)12/h19-34,39-46H,35-38H2,1-18H3. The van der Waals surface area contributed by atoms with Gasteiger partial charge in [0.05, 0.1) is 0 Å². The van der Waals surface area contributed by atoms with Gasteiger partial charge in [-0.25, -0.2) is 0 Å². The van der Waals surface area contributed by atoms with E-state index in [0.717, 1.165) is 29.9 Å². The third-order valence-electron chi connectivity index (χ3n) is 20.1. The number of hydrogen-bond acceptors (Lipinski definition) is 4. The Morgan fingerprint density at radius 2 is 0.817 bits per heavy atom. The van der Waals surface area contributed by atoms with E-state index in [4.69, 9.17) is 0 Å². The second-order valence-electron chi connectivity index (χ2n) is 31.0. The number of benzene rings is 8.